The standard InChI is InChI=1S/C17H21ClN4/c1-12-5-4-8-22(11-12)17-19-13(2)9-16(21-17)20-15-7-3-6-14(18)10-15/h3,6-7,9-10,12H,4-5,8,11H2,1-2H3,(H,19,20,21). The van der Waals surface area contributed by atoms with E-state index in [-0.39, 0.29) is 0 Å². The molecule has 2 aromatic rings. The fraction of sp³-hybridized carbons (Fsp3) is 0.412. The Labute approximate surface area is 136 Å². The third-order valence-electron chi connectivity index (χ3n) is 3.88. The predicted molar refractivity (Wildman–Crippen MR) is 92.1 cm³/mol. The number of halogens is 1. The van der Waals surface area contributed by atoms with Crippen LogP contribution < -0.4 is 10.2 Å². The molecule has 1 aromatic carbocycles. The average Bonchev–Trinajstić information content (AvgIpc) is 2.46. The molecular formula is C17H21ClN4. The Hall–Kier alpha value is -1.81. The molecule has 1 saturated heterocycles. The van der Waals surface area contributed by atoms with Gasteiger partial charge >= 0.3 is 0 Å². The Morgan fingerprint density at radius 2 is 2.14 bits per heavy atom. The van der Waals surface area contributed by atoms with Crippen molar-refractivity contribution in [2.75, 3.05) is 23.3 Å². The minimum atomic E-state index is 0.696. The van der Waals surface area contributed by atoms with Crippen LogP contribution in [0.25, 0.3) is 0 Å². The van der Waals surface area contributed by atoms with E-state index in [1.54, 1.807) is 0 Å². The molecule has 4 nitrogen and oxygen atoms in total. The van der Waals surface area contributed by atoms with Gasteiger partial charge in [0.1, 0.15) is 5.82 Å². The van der Waals surface area contributed by atoms with Gasteiger partial charge in [-0.2, -0.15) is 4.98 Å². The van der Waals surface area contributed by atoms with Crippen LogP contribution in [0.1, 0.15) is 25.5 Å². The molecule has 1 aliphatic heterocycles. The number of hydrogen-bond acceptors (Lipinski definition) is 4. The number of anilines is 3. The number of nitrogens with one attached hydrogen (secondary N) is 1. The van der Waals surface area contributed by atoms with Crippen LogP contribution in [0.4, 0.5) is 17.5 Å². The molecule has 116 valence electrons. The van der Waals surface area contributed by atoms with Crippen molar-refractivity contribution in [2.24, 2.45) is 5.92 Å². The topological polar surface area (TPSA) is 41.1 Å². The normalized spacial score (nSPS) is 18.3. The van der Waals surface area contributed by atoms with Crippen molar-refractivity contribution in [3.63, 3.8) is 0 Å². The van der Waals surface area contributed by atoms with Crippen molar-refractivity contribution in [3.05, 3.63) is 41.0 Å². The lowest BCUT2D eigenvalue weighted by molar-refractivity contribution is 0.442. The molecule has 0 bridgehead atoms. The first kappa shape index (κ1) is 15.1. The second kappa shape index (κ2) is 6.53. The summed E-state index contributed by atoms with van der Waals surface area (Å²) in [7, 11) is 0. The lowest BCUT2D eigenvalue weighted by atomic mass is 10.0. The molecule has 1 atom stereocenters. The summed E-state index contributed by atoms with van der Waals surface area (Å²) in [6.45, 7) is 6.35. The maximum atomic E-state index is 6.03. The van der Waals surface area contributed by atoms with Crippen molar-refractivity contribution >= 4 is 29.1 Å². The first-order valence-electron chi connectivity index (χ1n) is 7.73. The fourth-order valence-corrected chi connectivity index (χ4v) is 3.03. The number of aryl methyl sites for hydroxylation is 1. The smallest absolute Gasteiger partial charge is 0.227 e. The molecule has 1 aromatic heterocycles. The van der Waals surface area contributed by atoms with Crippen molar-refractivity contribution in [1.82, 2.24) is 9.97 Å². The summed E-state index contributed by atoms with van der Waals surface area (Å²) in [5, 5.41) is 4.02. The first-order valence-corrected chi connectivity index (χ1v) is 8.11. The van der Waals surface area contributed by atoms with Crippen LogP contribution in [0.3, 0.4) is 0 Å². The predicted octanol–water partition coefficient (Wildman–Crippen LogP) is 4.42. The molecule has 5 heteroatoms. The van der Waals surface area contributed by atoms with Gasteiger partial charge in [0.15, 0.2) is 0 Å². The number of piperidine rings is 1. The quantitative estimate of drug-likeness (QED) is 0.910. The SMILES string of the molecule is Cc1cc(Nc2cccc(Cl)c2)nc(N2CCCC(C)C2)n1. The summed E-state index contributed by atoms with van der Waals surface area (Å²) in [5.74, 6) is 2.32. The highest BCUT2D eigenvalue weighted by molar-refractivity contribution is 6.30. The van der Waals surface area contributed by atoms with Gasteiger partial charge in [0.2, 0.25) is 5.95 Å². The van der Waals surface area contributed by atoms with Gasteiger partial charge in [-0.25, -0.2) is 4.98 Å². The maximum absolute atomic E-state index is 6.03. The zero-order valence-electron chi connectivity index (χ0n) is 13.0. The van der Waals surface area contributed by atoms with E-state index in [2.05, 4.69) is 27.1 Å². The summed E-state index contributed by atoms with van der Waals surface area (Å²) in [4.78, 5) is 11.6. The second-order valence-corrected chi connectivity index (χ2v) is 6.46. The largest absolute Gasteiger partial charge is 0.340 e. The Bertz CT molecular complexity index is 659. The molecule has 0 aliphatic carbocycles. The van der Waals surface area contributed by atoms with Gasteiger partial charge in [0, 0.05) is 35.6 Å². The van der Waals surface area contributed by atoms with Gasteiger partial charge in [-0.15, -0.1) is 0 Å². The summed E-state index contributed by atoms with van der Waals surface area (Å²) in [6.07, 6.45) is 2.49. The monoisotopic (exact) mass is 316 g/mol. The Morgan fingerprint density at radius 1 is 1.27 bits per heavy atom. The molecule has 2 heterocycles. The molecule has 0 saturated carbocycles. The molecule has 0 radical (unpaired) electrons. The van der Waals surface area contributed by atoms with Crippen LogP contribution in [-0.4, -0.2) is 23.1 Å². The number of rotatable bonds is 3. The number of aromatic nitrogens is 2. The Balaban J connectivity index is 1.83. The van der Waals surface area contributed by atoms with Crippen molar-refractivity contribution < 1.29 is 0 Å². The van der Waals surface area contributed by atoms with Gasteiger partial charge in [-0.1, -0.05) is 24.6 Å². The van der Waals surface area contributed by atoms with Crippen molar-refractivity contribution in [1.29, 1.82) is 0 Å². The van der Waals surface area contributed by atoms with Crippen LogP contribution in [0.2, 0.25) is 5.02 Å². The molecular weight excluding hydrogens is 296 g/mol. The van der Waals surface area contributed by atoms with Crippen LogP contribution in [0, 0.1) is 12.8 Å². The zero-order chi connectivity index (χ0) is 15.5. The van der Waals surface area contributed by atoms with Crippen LogP contribution >= 0.6 is 11.6 Å². The zero-order valence-corrected chi connectivity index (χ0v) is 13.8. The molecule has 1 aliphatic rings. The maximum Gasteiger partial charge on any atom is 0.227 e. The molecule has 1 unspecified atom stereocenters. The molecule has 0 spiro atoms. The van der Waals surface area contributed by atoms with E-state index < -0.39 is 0 Å². The van der Waals surface area contributed by atoms with E-state index in [4.69, 9.17) is 11.6 Å². The number of nitrogens with zero attached hydrogens (tertiary/aromatic N) is 3. The number of benzene rings is 1. The van der Waals surface area contributed by atoms with Crippen LogP contribution in [-0.2, 0) is 0 Å². The van der Waals surface area contributed by atoms with Gasteiger partial charge in [-0.3, -0.25) is 0 Å². The van der Waals surface area contributed by atoms with E-state index in [1.807, 2.05) is 37.3 Å². The van der Waals surface area contributed by atoms with Gasteiger partial charge in [-0.05, 0) is 43.9 Å². The lowest BCUT2D eigenvalue weighted by Gasteiger charge is -2.31. The number of hydrogen-bond donors (Lipinski definition) is 1. The summed E-state index contributed by atoms with van der Waals surface area (Å²) in [5.41, 5.74) is 1.90. The van der Waals surface area contributed by atoms with Gasteiger partial charge in [0.05, 0.1) is 0 Å². The Morgan fingerprint density at radius 3 is 2.91 bits per heavy atom. The van der Waals surface area contributed by atoms with E-state index in [9.17, 15) is 0 Å². The molecule has 0 amide bonds. The first-order chi connectivity index (χ1) is 10.6. The van der Waals surface area contributed by atoms with Crippen molar-refractivity contribution in [2.45, 2.75) is 26.7 Å². The third-order valence-corrected chi connectivity index (χ3v) is 4.11. The summed E-state index contributed by atoms with van der Waals surface area (Å²) in [6, 6.07) is 9.61. The highest BCUT2D eigenvalue weighted by Crippen LogP contribution is 2.24. The van der Waals surface area contributed by atoms with E-state index in [1.165, 1.54) is 12.8 Å². The second-order valence-electron chi connectivity index (χ2n) is 6.02. The fourth-order valence-electron chi connectivity index (χ4n) is 2.84. The minimum Gasteiger partial charge on any atom is -0.340 e. The highest BCUT2D eigenvalue weighted by Gasteiger charge is 2.19. The Kier molecular flexibility index (Phi) is 4.48. The van der Waals surface area contributed by atoms with Gasteiger partial charge < -0.3 is 10.2 Å². The molecule has 3 rings (SSSR count). The summed E-state index contributed by atoms with van der Waals surface area (Å²) < 4.78 is 0. The minimum absolute atomic E-state index is 0.696. The lowest BCUT2D eigenvalue weighted by Crippen LogP contribution is -2.35. The van der Waals surface area contributed by atoms with E-state index in [0.717, 1.165) is 36.2 Å². The van der Waals surface area contributed by atoms with Crippen LogP contribution in [0.5, 0.6) is 0 Å². The molecule has 1 N–H and O–H groups in total. The molecule has 1 fully saturated rings. The van der Waals surface area contributed by atoms with E-state index >= 15 is 0 Å². The molecule has 22 heavy (non-hydrogen) atoms. The average molecular weight is 317 g/mol. The highest BCUT2D eigenvalue weighted by atomic mass is 35.5. The van der Waals surface area contributed by atoms with Crippen LogP contribution in [0.15, 0.2) is 30.3 Å². The summed E-state index contributed by atoms with van der Waals surface area (Å²) >= 11 is 6.03. The van der Waals surface area contributed by atoms with Crippen molar-refractivity contribution in [3.8, 4) is 0 Å². The van der Waals surface area contributed by atoms with Gasteiger partial charge in [0.25, 0.3) is 0 Å². The third kappa shape index (κ3) is 3.69. The van der Waals surface area contributed by atoms with E-state index in [0.29, 0.717) is 10.9 Å².